The van der Waals surface area contributed by atoms with Gasteiger partial charge in [-0.15, -0.1) is 0 Å². The third-order valence-corrected chi connectivity index (χ3v) is 1.91. The van der Waals surface area contributed by atoms with Crippen molar-refractivity contribution < 1.29 is 4.79 Å². The Balaban J connectivity index is 4.77. The molecule has 4 N–H and O–H groups in total. The zero-order valence-electron chi connectivity index (χ0n) is 9.68. The van der Waals surface area contributed by atoms with Gasteiger partial charge in [0.2, 0.25) is 5.91 Å². The highest BCUT2D eigenvalue weighted by atomic mass is 16.1. The molecule has 14 heavy (non-hydrogen) atoms. The maximum Gasteiger partial charge on any atom is 0.246 e. The van der Waals surface area contributed by atoms with Crippen molar-refractivity contribution >= 4 is 5.91 Å². The molecule has 0 aliphatic rings. The summed E-state index contributed by atoms with van der Waals surface area (Å²) >= 11 is 0. The van der Waals surface area contributed by atoms with Gasteiger partial charge in [0.25, 0.3) is 0 Å². The Kier molecular flexibility index (Phi) is 4.68. The average molecular weight is 198 g/mol. The van der Waals surface area contributed by atoms with Crippen molar-refractivity contribution in [3.05, 3.63) is 11.3 Å². The third kappa shape index (κ3) is 4.90. The van der Waals surface area contributed by atoms with Gasteiger partial charge in [0, 0.05) is 11.3 Å². The van der Waals surface area contributed by atoms with E-state index in [1.807, 2.05) is 6.92 Å². The first kappa shape index (κ1) is 13.0. The number of nitrogens with two attached hydrogens (primary N) is 2. The van der Waals surface area contributed by atoms with Crippen molar-refractivity contribution in [1.29, 1.82) is 0 Å². The van der Waals surface area contributed by atoms with Crippen LogP contribution in [0.4, 0.5) is 0 Å². The number of hydrogen-bond acceptors (Lipinski definition) is 2. The molecule has 1 amide bonds. The highest BCUT2D eigenvalue weighted by Gasteiger charge is 2.18. The van der Waals surface area contributed by atoms with Crippen LogP contribution < -0.4 is 11.5 Å². The molecule has 82 valence electrons. The van der Waals surface area contributed by atoms with Crippen LogP contribution in [0.5, 0.6) is 0 Å². The van der Waals surface area contributed by atoms with Gasteiger partial charge in [0.1, 0.15) is 0 Å². The van der Waals surface area contributed by atoms with Crippen LogP contribution in [0.2, 0.25) is 0 Å². The Hall–Kier alpha value is -0.990. The minimum atomic E-state index is -0.383. The molecular formula is C11H22N2O. The summed E-state index contributed by atoms with van der Waals surface area (Å²) in [6.07, 6.45) is 2.33. The Labute approximate surface area is 86.5 Å². The van der Waals surface area contributed by atoms with Gasteiger partial charge in [-0.05, 0) is 18.3 Å². The molecule has 0 saturated carbocycles. The lowest BCUT2D eigenvalue weighted by atomic mass is 9.86. The maximum atomic E-state index is 11.2. The SMILES string of the molecule is CCC/C(N)=C(\CC(C)(C)C)C(N)=O. The summed E-state index contributed by atoms with van der Waals surface area (Å²) in [5.74, 6) is -0.383. The van der Waals surface area contributed by atoms with E-state index in [1.165, 1.54) is 0 Å². The van der Waals surface area contributed by atoms with Gasteiger partial charge < -0.3 is 11.5 Å². The van der Waals surface area contributed by atoms with E-state index in [0.717, 1.165) is 12.8 Å². The van der Waals surface area contributed by atoms with Gasteiger partial charge in [0.05, 0.1) is 0 Å². The molecule has 0 atom stereocenters. The Morgan fingerprint density at radius 2 is 1.71 bits per heavy atom. The molecule has 0 spiro atoms. The fourth-order valence-corrected chi connectivity index (χ4v) is 1.31. The largest absolute Gasteiger partial charge is 0.402 e. The third-order valence-electron chi connectivity index (χ3n) is 1.91. The molecule has 0 aliphatic heterocycles. The molecule has 0 bridgehead atoms. The van der Waals surface area contributed by atoms with Gasteiger partial charge in [-0.1, -0.05) is 34.1 Å². The molecule has 0 aromatic carbocycles. The van der Waals surface area contributed by atoms with Gasteiger partial charge in [-0.25, -0.2) is 0 Å². The van der Waals surface area contributed by atoms with Crippen molar-refractivity contribution in [3.63, 3.8) is 0 Å². The van der Waals surface area contributed by atoms with Crippen LogP contribution in [0.15, 0.2) is 11.3 Å². The molecule has 0 aromatic heterocycles. The topological polar surface area (TPSA) is 69.1 Å². The molecular weight excluding hydrogens is 176 g/mol. The summed E-state index contributed by atoms with van der Waals surface area (Å²) in [6, 6.07) is 0. The fourth-order valence-electron chi connectivity index (χ4n) is 1.31. The molecule has 3 heteroatoms. The number of amides is 1. The predicted molar refractivity (Wildman–Crippen MR) is 59.4 cm³/mol. The highest BCUT2D eigenvalue weighted by molar-refractivity contribution is 5.92. The monoisotopic (exact) mass is 198 g/mol. The van der Waals surface area contributed by atoms with Gasteiger partial charge in [-0.2, -0.15) is 0 Å². The molecule has 0 saturated heterocycles. The highest BCUT2D eigenvalue weighted by Crippen LogP contribution is 2.25. The molecule has 0 aliphatic carbocycles. The van der Waals surface area contributed by atoms with Crippen LogP contribution in [-0.4, -0.2) is 5.91 Å². The van der Waals surface area contributed by atoms with Gasteiger partial charge >= 0.3 is 0 Å². The standard InChI is InChI=1S/C11H22N2O/c1-5-6-9(12)8(10(13)14)7-11(2,3)4/h5-7,12H2,1-4H3,(H2,13,14)/b9-8-. The molecule has 0 fully saturated rings. The van der Waals surface area contributed by atoms with Crippen LogP contribution in [-0.2, 0) is 4.79 Å². The average Bonchev–Trinajstić information content (AvgIpc) is 1.98. The molecule has 3 nitrogen and oxygen atoms in total. The lowest BCUT2D eigenvalue weighted by Gasteiger charge is -2.20. The molecule has 0 unspecified atom stereocenters. The zero-order chi connectivity index (χ0) is 11.4. The summed E-state index contributed by atoms with van der Waals surface area (Å²) in [6.45, 7) is 8.22. The van der Waals surface area contributed by atoms with Crippen LogP contribution in [0, 0.1) is 5.41 Å². The Bertz CT molecular complexity index is 236. The van der Waals surface area contributed by atoms with E-state index in [2.05, 4.69) is 20.8 Å². The summed E-state index contributed by atoms with van der Waals surface area (Å²) in [4.78, 5) is 11.2. The van der Waals surface area contributed by atoms with E-state index >= 15 is 0 Å². The second kappa shape index (κ2) is 5.03. The number of primary amides is 1. The van der Waals surface area contributed by atoms with Crippen molar-refractivity contribution in [2.75, 3.05) is 0 Å². The van der Waals surface area contributed by atoms with E-state index in [-0.39, 0.29) is 11.3 Å². The molecule has 0 aromatic rings. The van der Waals surface area contributed by atoms with Crippen molar-refractivity contribution in [1.82, 2.24) is 0 Å². The van der Waals surface area contributed by atoms with Crippen molar-refractivity contribution in [2.24, 2.45) is 16.9 Å². The normalized spacial score (nSPS) is 13.7. The lowest BCUT2D eigenvalue weighted by molar-refractivity contribution is -0.115. The van der Waals surface area contributed by atoms with Crippen LogP contribution in [0.3, 0.4) is 0 Å². The van der Waals surface area contributed by atoms with Crippen molar-refractivity contribution in [2.45, 2.75) is 47.0 Å². The number of allylic oxidation sites excluding steroid dienone is 1. The van der Waals surface area contributed by atoms with Crippen LogP contribution >= 0.6 is 0 Å². The van der Waals surface area contributed by atoms with E-state index in [9.17, 15) is 4.79 Å². The van der Waals surface area contributed by atoms with Gasteiger partial charge in [-0.3, -0.25) is 4.79 Å². The smallest absolute Gasteiger partial charge is 0.246 e. The summed E-state index contributed by atoms with van der Waals surface area (Å²) in [5.41, 5.74) is 12.4. The van der Waals surface area contributed by atoms with E-state index in [4.69, 9.17) is 11.5 Å². The number of rotatable bonds is 4. The first-order valence-electron chi connectivity index (χ1n) is 5.05. The minimum absolute atomic E-state index is 0.0444. The first-order valence-corrected chi connectivity index (χ1v) is 5.05. The second-order valence-electron chi connectivity index (χ2n) is 4.86. The minimum Gasteiger partial charge on any atom is -0.402 e. The molecule has 0 heterocycles. The van der Waals surface area contributed by atoms with E-state index < -0.39 is 0 Å². The quantitative estimate of drug-likeness (QED) is 0.677. The lowest BCUT2D eigenvalue weighted by Crippen LogP contribution is -2.23. The van der Waals surface area contributed by atoms with Crippen LogP contribution in [0.1, 0.15) is 47.0 Å². The fraction of sp³-hybridized carbons (Fsp3) is 0.727. The van der Waals surface area contributed by atoms with Crippen LogP contribution in [0.25, 0.3) is 0 Å². The molecule has 0 rings (SSSR count). The van der Waals surface area contributed by atoms with Gasteiger partial charge in [0.15, 0.2) is 0 Å². The maximum absolute atomic E-state index is 11.2. The molecule has 0 radical (unpaired) electrons. The Morgan fingerprint density at radius 3 is 2.00 bits per heavy atom. The predicted octanol–water partition coefficient (Wildman–Crippen LogP) is 1.92. The zero-order valence-corrected chi connectivity index (χ0v) is 9.68. The van der Waals surface area contributed by atoms with E-state index in [0.29, 0.717) is 17.7 Å². The number of carbonyl (C=O) groups excluding carboxylic acids is 1. The number of hydrogen-bond donors (Lipinski definition) is 2. The summed E-state index contributed by atoms with van der Waals surface area (Å²) < 4.78 is 0. The van der Waals surface area contributed by atoms with E-state index in [1.54, 1.807) is 0 Å². The Morgan fingerprint density at radius 1 is 1.21 bits per heavy atom. The number of carbonyl (C=O) groups is 1. The van der Waals surface area contributed by atoms with Crippen molar-refractivity contribution in [3.8, 4) is 0 Å². The second-order valence-corrected chi connectivity index (χ2v) is 4.86. The first-order chi connectivity index (χ1) is 6.28. The summed E-state index contributed by atoms with van der Waals surface area (Å²) in [5, 5.41) is 0. The summed E-state index contributed by atoms with van der Waals surface area (Å²) in [7, 11) is 0.